The molecule has 5 amide bonds. The Morgan fingerprint density at radius 2 is 1.77 bits per heavy atom. The summed E-state index contributed by atoms with van der Waals surface area (Å²) in [5.74, 6) is 0.0262. The Kier molecular flexibility index (Phi) is 14.5. The molecular formula is C45H54FN7O6S. The van der Waals surface area contributed by atoms with Crippen molar-refractivity contribution in [2.45, 2.75) is 75.3 Å². The maximum Gasteiger partial charge on any atom is 0.255 e. The molecule has 2 aromatic carbocycles. The molecule has 318 valence electrons. The number of thioether (sulfide) groups is 1. The number of fused-ring (bicyclic) bond motifs is 1. The van der Waals surface area contributed by atoms with E-state index in [1.807, 2.05) is 35.2 Å². The van der Waals surface area contributed by atoms with Crippen LogP contribution in [0.15, 0.2) is 65.8 Å². The predicted octanol–water partition coefficient (Wildman–Crippen LogP) is 5.23. The number of phenolic OH excluding ortho intramolecular Hbond substituents is 1. The van der Waals surface area contributed by atoms with Gasteiger partial charge in [-0.15, -0.1) is 11.8 Å². The van der Waals surface area contributed by atoms with Gasteiger partial charge in [0.25, 0.3) is 11.8 Å². The topological polar surface area (TPSA) is 155 Å². The Hall–Kier alpha value is -5.28. The summed E-state index contributed by atoms with van der Waals surface area (Å²) in [6.07, 6.45) is 12.9. The van der Waals surface area contributed by atoms with E-state index in [1.165, 1.54) is 24.4 Å². The van der Waals surface area contributed by atoms with Crippen LogP contribution in [0.5, 0.6) is 5.75 Å². The molecule has 1 atom stereocenters. The average Bonchev–Trinajstić information content (AvgIpc) is 3.59. The number of hydrogen-bond donors (Lipinski definition) is 3. The zero-order chi connectivity index (χ0) is 42.0. The number of aromatic hydroxyl groups is 1. The highest BCUT2D eigenvalue weighted by atomic mass is 32.2. The Morgan fingerprint density at radius 3 is 2.53 bits per heavy atom. The lowest BCUT2D eigenvalue weighted by molar-refractivity contribution is -0.137. The number of carbonyl (C=O) groups is 5. The first-order valence-corrected chi connectivity index (χ1v) is 22.2. The lowest BCUT2D eigenvalue weighted by Gasteiger charge is -2.36. The summed E-state index contributed by atoms with van der Waals surface area (Å²) in [6.45, 7) is 6.64. The number of amides is 5. The molecule has 0 aliphatic carbocycles. The predicted molar refractivity (Wildman–Crippen MR) is 228 cm³/mol. The van der Waals surface area contributed by atoms with Crippen LogP contribution < -0.4 is 15.5 Å². The zero-order valence-corrected chi connectivity index (χ0v) is 34.8. The van der Waals surface area contributed by atoms with Crippen molar-refractivity contribution in [2.75, 3.05) is 63.0 Å². The lowest BCUT2D eigenvalue weighted by Crippen LogP contribution is -2.52. The second kappa shape index (κ2) is 20.3. The molecule has 3 fully saturated rings. The van der Waals surface area contributed by atoms with Crippen LogP contribution in [0.1, 0.15) is 89.6 Å². The molecule has 13 nitrogen and oxygen atoms in total. The van der Waals surface area contributed by atoms with E-state index in [0.29, 0.717) is 55.2 Å². The second-order valence-electron chi connectivity index (χ2n) is 16.1. The van der Waals surface area contributed by atoms with Gasteiger partial charge in [-0.05, 0) is 110 Å². The van der Waals surface area contributed by atoms with Crippen LogP contribution in [0.2, 0.25) is 0 Å². The van der Waals surface area contributed by atoms with Crippen molar-refractivity contribution in [1.29, 1.82) is 0 Å². The molecule has 15 heteroatoms. The minimum atomic E-state index is -0.614. The number of halogens is 1. The van der Waals surface area contributed by atoms with Crippen molar-refractivity contribution in [1.82, 2.24) is 30.3 Å². The van der Waals surface area contributed by atoms with Crippen LogP contribution in [0.25, 0.3) is 6.08 Å². The summed E-state index contributed by atoms with van der Waals surface area (Å²) < 4.78 is 13.3. The third-order valence-corrected chi connectivity index (χ3v) is 13.2. The van der Waals surface area contributed by atoms with Crippen LogP contribution in [0, 0.1) is 11.7 Å². The Labute approximate surface area is 354 Å². The summed E-state index contributed by atoms with van der Waals surface area (Å²) in [5, 5.41) is 16.2. The van der Waals surface area contributed by atoms with Gasteiger partial charge in [-0.2, -0.15) is 0 Å². The fourth-order valence-electron chi connectivity index (χ4n) is 8.58. The molecule has 3 N–H and O–H groups in total. The number of aromatic nitrogens is 1. The lowest BCUT2D eigenvalue weighted by atomic mass is 9.91. The molecule has 0 spiro atoms. The van der Waals surface area contributed by atoms with Gasteiger partial charge in [0.1, 0.15) is 17.6 Å². The van der Waals surface area contributed by atoms with Crippen molar-refractivity contribution in [2.24, 2.45) is 5.92 Å². The number of piperazine rings is 1. The van der Waals surface area contributed by atoms with E-state index in [4.69, 9.17) is 0 Å². The fraction of sp³-hybridized carbons (Fsp3) is 0.467. The number of pyridine rings is 1. The minimum Gasteiger partial charge on any atom is -0.506 e. The third-order valence-electron chi connectivity index (χ3n) is 12.0. The smallest absolute Gasteiger partial charge is 0.255 e. The highest BCUT2D eigenvalue weighted by Crippen LogP contribution is 2.35. The van der Waals surface area contributed by atoms with Gasteiger partial charge < -0.3 is 25.1 Å². The van der Waals surface area contributed by atoms with E-state index in [2.05, 4.69) is 25.4 Å². The number of likely N-dealkylation sites (tertiary alicyclic amines) is 1. The fourth-order valence-corrected chi connectivity index (χ4v) is 9.67. The molecule has 4 aliphatic rings. The quantitative estimate of drug-likeness (QED) is 0.0756. The standard InChI is InChI=1S/C45H54FN7O6S/c46-34-26-32(28-47-29-34)9-13-41(55)48-17-2-1-6-31-15-19-52(20-16-31)44(58)33-10-11-37(39(54)27-33)51-23-21-50(22-24-51)18-3-4-25-60-40-8-5-7-35-36(40)30-53(45(35)59)38-12-14-42(56)49-43(38)57/h5,7-11,13,26-29,31,38,54H,1-4,6,12,14-25,30H2,(H,48,55)(H,49,56,57)/b13-9+. The van der Waals surface area contributed by atoms with E-state index in [-0.39, 0.29) is 35.8 Å². The van der Waals surface area contributed by atoms with E-state index in [9.17, 15) is 33.5 Å². The van der Waals surface area contributed by atoms with Crippen molar-refractivity contribution in [3.8, 4) is 5.75 Å². The average molecular weight is 840 g/mol. The van der Waals surface area contributed by atoms with Crippen molar-refractivity contribution in [3.63, 3.8) is 0 Å². The molecule has 3 aromatic rings. The minimum absolute atomic E-state index is 0.0533. The number of piperidine rings is 2. The number of rotatable bonds is 16. The van der Waals surface area contributed by atoms with Gasteiger partial charge in [-0.1, -0.05) is 18.9 Å². The molecule has 0 bridgehead atoms. The summed E-state index contributed by atoms with van der Waals surface area (Å²) in [6, 6.07) is 11.8. The van der Waals surface area contributed by atoms with Crippen LogP contribution in [0.3, 0.4) is 0 Å². The number of imide groups is 1. The molecule has 3 saturated heterocycles. The molecular weight excluding hydrogens is 786 g/mol. The zero-order valence-electron chi connectivity index (χ0n) is 34.0. The third kappa shape index (κ3) is 10.9. The van der Waals surface area contributed by atoms with E-state index in [1.54, 1.807) is 22.7 Å². The second-order valence-corrected chi connectivity index (χ2v) is 17.2. The first-order valence-electron chi connectivity index (χ1n) is 21.2. The van der Waals surface area contributed by atoms with E-state index < -0.39 is 17.8 Å². The van der Waals surface area contributed by atoms with Gasteiger partial charge >= 0.3 is 0 Å². The molecule has 0 saturated carbocycles. The van der Waals surface area contributed by atoms with Crippen LogP contribution in [-0.4, -0.2) is 118 Å². The summed E-state index contributed by atoms with van der Waals surface area (Å²) in [5.41, 5.74) is 3.40. The Balaban J connectivity index is 0.763. The number of benzene rings is 2. The van der Waals surface area contributed by atoms with Crippen LogP contribution in [-0.2, 0) is 20.9 Å². The van der Waals surface area contributed by atoms with Gasteiger partial charge in [-0.3, -0.25) is 39.2 Å². The number of nitrogens with zero attached hydrogens (tertiary/aromatic N) is 5. The molecule has 60 heavy (non-hydrogen) atoms. The largest absolute Gasteiger partial charge is 0.506 e. The van der Waals surface area contributed by atoms with E-state index >= 15 is 0 Å². The summed E-state index contributed by atoms with van der Waals surface area (Å²) in [7, 11) is 0. The highest BCUT2D eigenvalue weighted by Gasteiger charge is 2.40. The molecule has 5 heterocycles. The van der Waals surface area contributed by atoms with Gasteiger partial charge in [0.15, 0.2) is 0 Å². The Morgan fingerprint density at radius 1 is 0.950 bits per heavy atom. The Bertz CT molecular complexity index is 2080. The summed E-state index contributed by atoms with van der Waals surface area (Å²) >= 11 is 1.75. The van der Waals surface area contributed by atoms with Gasteiger partial charge in [0, 0.05) is 87.1 Å². The number of nitrogens with one attached hydrogen (secondary N) is 2. The maximum atomic E-state index is 13.4. The number of hydrogen-bond acceptors (Lipinski definition) is 10. The molecule has 7 rings (SSSR count). The van der Waals surface area contributed by atoms with Crippen molar-refractivity contribution < 1.29 is 33.5 Å². The first kappa shape index (κ1) is 42.8. The normalized spacial score (nSPS) is 18.9. The van der Waals surface area contributed by atoms with E-state index in [0.717, 1.165) is 106 Å². The molecule has 0 radical (unpaired) electrons. The van der Waals surface area contributed by atoms with Gasteiger partial charge in [0.05, 0.1) is 11.9 Å². The molecule has 4 aliphatic heterocycles. The van der Waals surface area contributed by atoms with Crippen molar-refractivity contribution >= 4 is 53.1 Å². The number of carbonyl (C=O) groups excluding carboxylic acids is 5. The van der Waals surface area contributed by atoms with Crippen molar-refractivity contribution in [3.05, 3.63) is 89.0 Å². The van der Waals surface area contributed by atoms with Crippen LogP contribution >= 0.6 is 11.8 Å². The number of unbranched alkanes of at least 4 members (excludes halogenated alkanes) is 2. The van der Waals surface area contributed by atoms with Crippen LogP contribution in [0.4, 0.5) is 10.1 Å². The molecule has 1 unspecified atom stereocenters. The van der Waals surface area contributed by atoms with Gasteiger partial charge in [0.2, 0.25) is 17.7 Å². The number of phenols is 1. The molecule has 1 aromatic heterocycles. The monoisotopic (exact) mass is 839 g/mol. The highest BCUT2D eigenvalue weighted by molar-refractivity contribution is 7.99. The summed E-state index contributed by atoms with van der Waals surface area (Å²) in [4.78, 5) is 75.6. The number of anilines is 1. The maximum absolute atomic E-state index is 13.4. The van der Waals surface area contributed by atoms with Gasteiger partial charge in [-0.25, -0.2) is 4.39 Å². The first-order chi connectivity index (χ1) is 29.1. The SMILES string of the molecule is O=C(/C=C/c1cncc(F)c1)NCCCCC1CCN(C(=O)c2ccc(N3CCN(CCCCSc4cccc5c4CN(C4CCC(=O)NC4=O)C5=O)CC3)c(O)c2)CC1.